The number of benzene rings is 2. The Labute approximate surface area is 193 Å². The SMILES string of the molecule is COc1cccc(C=NNC(=O)CSc2nnc(SCc3ccc(C)cc3)s2)c1OC. The Kier molecular flexibility index (Phi) is 8.74. The molecule has 0 aliphatic heterocycles. The summed E-state index contributed by atoms with van der Waals surface area (Å²) in [7, 11) is 3.12. The fourth-order valence-corrected chi connectivity index (χ4v) is 5.26. The van der Waals surface area contributed by atoms with Crippen LogP contribution in [0.5, 0.6) is 11.5 Å². The molecule has 0 fully saturated rings. The topological polar surface area (TPSA) is 85.7 Å². The first-order chi connectivity index (χ1) is 15.1. The second kappa shape index (κ2) is 11.7. The minimum absolute atomic E-state index is 0.198. The lowest BCUT2D eigenvalue weighted by atomic mass is 10.2. The molecular formula is C21H22N4O3S3. The molecule has 1 amide bonds. The van der Waals surface area contributed by atoms with Crippen LogP contribution in [0.15, 0.2) is 56.2 Å². The van der Waals surface area contributed by atoms with E-state index in [2.05, 4.69) is 51.9 Å². The van der Waals surface area contributed by atoms with Crippen LogP contribution in [0.2, 0.25) is 0 Å². The Morgan fingerprint density at radius 3 is 2.55 bits per heavy atom. The van der Waals surface area contributed by atoms with Crippen LogP contribution < -0.4 is 14.9 Å². The first kappa shape index (κ1) is 23.1. The Morgan fingerprint density at radius 1 is 1.10 bits per heavy atom. The van der Waals surface area contributed by atoms with Crippen molar-refractivity contribution in [2.24, 2.45) is 5.10 Å². The van der Waals surface area contributed by atoms with Gasteiger partial charge >= 0.3 is 0 Å². The van der Waals surface area contributed by atoms with E-state index in [1.165, 1.54) is 40.4 Å². The molecule has 3 rings (SSSR count). The van der Waals surface area contributed by atoms with Gasteiger partial charge in [-0.3, -0.25) is 4.79 Å². The van der Waals surface area contributed by atoms with Crippen molar-refractivity contribution < 1.29 is 14.3 Å². The second-order valence-electron chi connectivity index (χ2n) is 6.27. The quantitative estimate of drug-likeness (QED) is 0.265. The van der Waals surface area contributed by atoms with Crippen molar-refractivity contribution in [3.63, 3.8) is 0 Å². The smallest absolute Gasteiger partial charge is 0.250 e. The van der Waals surface area contributed by atoms with Crippen LogP contribution >= 0.6 is 34.9 Å². The lowest BCUT2D eigenvalue weighted by Crippen LogP contribution is -2.19. The largest absolute Gasteiger partial charge is 0.493 e. The molecule has 0 bridgehead atoms. The summed E-state index contributed by atoms with van der Waals surface area (Å²) >= 11 is 4.45. The number of nitrogens with zero attached hydrogens (tertiary/aromatic N) is 3. The number of rotatable bonds is 10. The number of aromatic nitrogens is 2. The minimum atomic E-state index is -0.229. The molecule has 0 saturated carbocycles. The average molecular weight is 475 g/mol. The van der Waals surface area contributed by atoms with Crippen LogP contribution in [0.25, 0.3) is 0 Å². The first-order valence-electron chi connectivity index (χ1n) is 9.26. The van der Waals surface area contributed by atoms with Gasteiger partial charge in [-0.05, 0) is 24.6 Å². The van der Waals surface area contributed by atoms with E-state index in [9.17, 15) is 4.79 Å². The normalized spacial score (nSPS) is 10.9. The summed E-state index contributed by atoms with van der Waals surface area (Å²) < 4.78 is 12.2. The fraction of sp³-hybridized carbons (Fsp3) is 0.238. The van der Waals surface area contributed by atoms with E-state index in [-0.39, 0.29) is 11.7 Å². The predicted octanol–water partition coefficient (Wildman–Crippen LogP) is 4.40. The highest BCUT2D eigenvalue weighted by molar-refractivity contribution is 8.03. The zero-order valence-electron chi connectivity index (χ0n) is 17.3. The highest BCUT2D eigenvalue weighted by Crippen LogP contribution is 2.31. The van der Waals surface area contributed by atoms with Crippen molar-refractivity contribution in [1.29, 1.82) is 0 Å². The van der Waals surface area contributed by atoms with Gasteiger partial charge in [0, 0.05) is 11.3 Å². The van der Waals surface area contributed by atoms with E-state index in [0.29, 0.717) is 17.1 Å². The van der Waals surface area contributed by atoms with Gasteiger partial charge in [-0.1, -0.05) is 70.8 Å². The number of amides is 1. The van der Waals surface area contributed by atoms with E-state index in [1.807, 2.05) is 12.1 Å². The van der Waals surface area contributed by atoms with Crippen LogP contribution in [-0.4, -0.2) is 42.3 Å². The molecule has 0 saturated heterocycles. The lowest BCUT2D eigenvalue weighted by Gasteiger charge is -2.09. The number of aryl methyl sites for hydroxylation is 1. The maximum Gasteiger partial charge on any atom is 0.250 e. The maximum atomic E-state index is 12.1. The summed E-state index contributed by atoms with van der Waals surface area (Å²) in [6.45, 7) is 2.07. The van der Waals surface area contributed by atoms with E-state index < -0.39 is 0 Å². The summed E-state index contributed by atoms with van der Waals surface area (Å²) in [5, 5.41) is 12.3. The van der Waals surface area contributed by atoms with Crippen LogP contribution in [-0.2, 0) is 10.5 Å². The Morgan fingerprint density at radius 2 is 1.84 bits per heavy atom. The molecule has 162 valence electrons. The molecule has 2 aromatic carbocycles. The van der Waals surface area contributed by atoms with Gasteiger partial charge in [-0.2, -0.15) is 5.10 Å². The maximum absolute atomic E-state index is 12.1. The van der Waals surface area contributed by atoms with Crippen molar-refractivity contribution in [3.05, 3.63) is 59.2 Å². The molecule has 7 nitrogen and oxygen atoms in total. The molecule has 3 aromatic rings. The molecule has 0 radical (unpaired) electrons. The molecule has 1 heterocycles. The number of ether oxygens (including phenoxy) is 2. The number of carbonyl (C=O) groups is 1. The third-order valence-electron chi connectivity index (χ3n) is 4.02. The summed E-state index contributed by atoms with van der Waals surface area (Å²) in [4.78, 5) is 12.1. The number of hydrogen-bond donors (Lipinski definition) is 1. The van der Waals surface area contributed by atoms with Crippen molar-refractivity contribution in [2.75, 3.05) is 20.0 Å². The second-order valence-corrected chi connectivity index (χ2v) is 9.70. The van der Waals surface area contributed by atoms with E-state index >= 15 is 0 Å². The van der Waals surface area contributed by atoms with Crippen LogP contribution in [0.3, 0.4) is 0 Å². The number of thioether (sulfide) groups is 2. The zero-order valence-corrected chi connectivity index (χ0v) is 19.8. The Balaban J connectivity index is 1.45. The average Bonchev–Trinajstić information content (AvgIpc) is 3.25. The zero-order chi connectivity index (χ0) is 22.1. The van der Waals surface area contributed by atoms with Crippen LogP contribution in [0.1, 0.15) is 16.7 Å². The predicted molar refractivity (Wildman–Crippen MR) is 127 cm³/mol. The summed E-state index contributed by atoms with van der Waals surface area (Å²) in [5.41, 5.74) is 5.70. The summed E-state index contributed by atoms with van der Waals surface area (Å²) in [6.07, 6.45) is 1.52. The van der Waals surface area contributed by atoms with E-state index in [4.69, 9.17) is 9.47 Å². The van der Waals surface area contributed by atoms with Crippen LogP contribution in [0.4, 0.5) is 0 Å². The van der Waals surface area contributed by atoms with Gasteiger partial charge in [0.15, 0.2) is 20.2 Å². The number of para-hydroxylation sites is 1. The monoisotopic (exact) mass is 474 g/mol. The molecule has 0 spiro atoms. The summed E-state index contributed by atoms with van der Waals surface area (Å²) in [6, 6.07) is 13.9. The van der Waals surface area contributed by atoms with Gasteiger partial charge in [0.05, 0.1) is 26.2 Å². The van der Waals surface area contributed by atoms with Crippen LogP contribution in [0, 0.1) is 6.92 Å². The molecule has 1 N–H and O–H groups in total. The minimum Gasteiger partial charge on any atom is -0.493 e. The van der Waals surface area contributed by atoms with Crippen molar-refractivity contribution in [1.82, 2.24) is 15.6 Å². The van der Waals surface area contributed by atoms with Gasteiger partial charge in [0.1, 0.15) is 0 Å². The molecule has 0 atom stereocenters. The highest BCUT2D eigenvalue weighted by Gasteiger charge is 2.10. The summed E-state index contributed by atoms with van der Waals surface area (Å²) in [5.74, 6) is 1.96. The highest BCUT2D eigenvalue weighted by atomic mass is 32.2. The number of hydrazone groups is 1. The Bertz CT molecular complexity index is 1040. The Hall–Kier alpha value is -2.56. The third-order valence-corrected chi connectivity index (χ3v) is 7.28. The number of carbonyl (C=O) groups excluding carboxylic acids is 1. The van der Waals surface area contributed by atoms with Gasteiger partial charge < -0.3 is 9.47 Å². The number of nitrogens with one attached hydrogen (secondary N) is 1. The van der Waals surface area contributed by atoms with Gasteiger partial charge in [-0.25, -0.2) is 5.43 Å². The lowest BCUT2D eigenvalue weighted by molar-refractivity contribution is -0.118. The number of methoxy groups -OCH3 is 2. The van der Waals surface area contributed by atoms with Gasteiger partial charge in [0.2, 0.25) is 0 Å². The van der Waals surface area contributed by atoms with Gasteiger partial charge in [-0.15, -0.1) is 10.2 Å². The molecular weight excluding hydrogens is 452 g/mol. The molecule has 0 aliphatic carbocycles. The molecule has 10 heteroatoms. The fourth-order valence-electron chi connectivity index (χ4n) is 2.49. The van der Waals surface area contributed by atoms with Crippen molar-refractivity contribution in [3.8, 4) is 11.5 Å². The van der Waals surface area contributed by atoms with E-state index in [1.54, 1.807) is 32.0 Å². The van der Waals surface area contributed by atoms with Crippen molar-refractivity contribution >= 4 is 47.0 Å². The molecule has 0 unspecified atom stereocenters. The van der Waals surface area contributed by atoms with Crippen molar-refractivity contribution in [2.45, 2.75) is 21.4 Å². The molecule has 0 aliphatic rings. The number of hydrogen-bond acceptors (Lipinski definition) is 9. The standard InChI is InChI=1S/C21H22N4O3S3/c1-14-7-9-15(10-8-14)12-29-20-24-25-21(31-20)30-13-18(26)23-22-11-16-5-4-6-17(27-2)19(16)28-3/h4-11H,12-13H2,1-3H3,(H,23,26). The third kappa shape index (κ3) is 6.98. The van der Waals surface area contributed by atoms with Gasteiger partial charge in [0.25, 0.3) is 5.91 Å². The molecule has 31 heavy (non-hydrogen) atoms. The first-order valence-corrected chi connectivity index (χ1v) is 12.1. The molecule has 1 aromatic heterocycles. The van der Waals surface area contributed by atoms with E-state index in [0.717, 1.165) is 14.4 Å².